The Bertz CT molecular complexity index is 1320. The molecule has 3 aromatic rings. The molecular weight excluding hydrogens is 410 g/mol. The number of benzene rings is 2. The number of imide groups is 1. The van der Waals surface area contributed by atoms with Crippen molar-refractivity contribution in [1.29, 1.82) is 0 Å². The van der Waals surface area contributed by atoms with Crippen molar-refractivity contribution >= 4 is 34.5 Å². The summed E-state index contributed by atoms with van der Waals surface area (Å²) < 4.78 is 4.88. The van der Waals surface area contributed by atoms with Gasteiger partial charge in [0.2, 0.25) is 11.8 Å². The Morgan fingerprint density at radius 1 is 1.12 bits per heavy atom. The van der Waals surface area contributed by atoms with Gasteiger partial charge in [-0.05, 0) is 40.6 Å². The maximum absolute atomic E-state index is 13.1. The highest BCUT2D eigenvalue weighted by Crippen LogP contribution is 2.36. The van der Waals surface area contributed by atoms with Crippen molar-refractivity contribution in [3.63, 3.8) is 0 Å². The van der Waals surface area contributed by atoms with Crippen LogP contribution in [0.1, 0.15) is 39.1 Å². The van der Waals surface area contributed by atoms with Gasteiger partial charge in [0.1, 0.15) is 6.04 Å². The Hall–Kier alpha value is -4.07. The first kappa shape index (κ1) is 19.9. The molecule has 1 unspecified atom stereocenters. The molecule has 32 heavy (non-hydrogen) atoms. The molecule has 1 N–H and O–H groups in total. The van der Waals surface area contributed by atoms with Crippen LogP contribution in [0.15, 0.2) is 48.8 Å². The molecule has 3 amide bonds. The molecule has 3 heterocycles. The van der Waals surface area contributed by atoms with Crippen LogP contribution in [0.3, 0.4) is 0 Å². The van der Waals surface area contributed by atoms with E-state index in [1.165, 1.54) is 18.2 Å². The van der Waals surface area contributed by atoms with Gasteiger partial charge in [-0.25, -0.2) is 4.79 Å². The molecule has 5 rings (SSSR count). The third kappa shape index (κ3) is 3.11. The summed E-state index contributed by atoms with van der Waals surface area (Å²) >= 11 is 0. The van der Waals surface area contributed by atoms with E-state index in [4.69, 9.17) is 4.74 Å². The van der Waals surface area contributed by atoms with E-state index in [0.29, 0.717) is 22.9 Å². The van der Waals surface area contributed by atoms with Crippen LogP contribution in [-0.2, 0) is 20.9 Å². The van der Waals surface area contributed by atoms with Crippen molar-refractivity contribution in [2.45, 2.75) is 25.4 Å². The number of ether oxygens (including phenoxy) is 1. The summed E-state index contributed by atoms with van der Waals surface area (Å²) in [6.45, 7) is 0.273. The molecule has 1 fully saturated rings. The van der Waals surface area contributed by atoms with Crippen LogP contribution < -0.4 is 5.32 Å². The minimum atomic E-state index is -0.672. The first-order chi connectivity index (χ1) is 15.5. The number of esters is 1. The zero-order valence-electron chi connectivity index (χ0n) is 17.3. The number of pyridine rings is 1. The molecular formula is C24H19N3O5. The van der Waals surface area contributed by atoms with E-state index in [-0.39, 0.29) is 24.8 Å². The largest absolute Gasteiger partial charge is 0.465 e. The molecule has 1 aromatic heterocycles. The Morgan fingerprint density at radius 2 is 1.94 bits per heavy atom. The molecule has 1 atom stereocenters. The zero-order chi connectivity index (χ0) is 22.4. The summed E-state index contributed by atoms with van der Waals surface area (Å²) in [5, 5.41) is 3.82. The number of carbonyl (C=O) groups excluding carboxylic acids is 4. The van der Waals surface area contributed by atoms with Crippen molar-refractivity contribution in [3.8, 4) is 11.1 Å². The molecule has 0 bridgehead atoms. The number of hydrogen-bond acceptors (Lipinski definition) is 6. The molecule has 8 heteroatoms. The van der Waals surface area contributed by atoms with Gasteiger partial charge in [-0.2, -0.15) is 0 Å². The van der Waals surface area contributed by atoms with Crippen molar-refractivity contribution < 1.29 is 23.9 Å². The van der Waals surface area contributed by atoms with Crippen LogP contribution in [0.25, 0.3) is 21.9 Å². The molecule has 160 valence electrons. The van der Waals surface area contributed by atoms with E-state index in [9.17, 15) is 19.2 Å². The molecule has 0 radical (unpaired) electrons. The van der Waals surface area contributed by atoms with E-state index < -0.39 is 17.9 Å². The molecule has 0 aliphatic carbocycles. The van der Waals surface area contributed by atoms with Gasteiger partial charge in [-0.3, -0.25) is 24.7 Å². The summed E-state index contributed by atoms with van der Waals surface area (Å²) in [6, 6.07) is 10.5. The minimum absolute atomic E-state index is 0.207. The number of nitrogens with one attached hydrogen (secondary N) is 1. The summed E-state index contributed by atoms with van der Waals surface area (Å²) in [4.78, 5) is 54.8. The third-order valence-electron chi connectivity index (χ3n) is 6.06. The van der Waals surface area contributed by atoms with Crippen LogP contribution in [0, 0.1) is 0 Å². The predicted octanol–water partition coefficient (Wildman–Crippen LogP) is 2.45. The third-order valence-corrected chi connectivity index (χ3v) is 6.06. The number of methoxy groups -OCH3 is 1. The van der Waals surface area contributed by atoms with Crippen LogP contribution in [-0.4, -0.2) is 46.7 Å². The second-order valence-electron chi connectivity index (χ2n) is 7.85. The van der Waals surface area contributed by atoms with Gasteiger partial charge in [-0.15, -0.1) is 0 Å². The molecule has 1 saturated heterocycles. The standard InChI is InChI=1S/C24H19N3O5/c1-32-24(31)18-11-25-10-14-6-5-13(9-17(14)18)15-3-2-4-16-19(15)12-27(23(16)30)20-7-8-21(28)26-22(20)29/h2-6,9-11,20H,7-8,12H2,1H3,(H,26,28,29). The Balaban J connectivity index is 1.57. The Labute approximate surface area is 183 Å². The quantitative estimate of drug-likeness (QED) is 0.506. The minimum Gasteiger partial charge on any atom is -0.465 e. The van der Waals surface area contributed by atoms with Gasteiger partial charge >= 0.3 is 5.97 Å². The van der Waals surface area contributed by atoms with Crippen LogP contribution in [0.4, 0.5) is 0 Å². The van der Waals surface area contributed by atoms with Crippen molar-refractivity contribution in [1.82, 2.24) is 15.2 Å². The average molecular weight is 429 g/mol. The van der Waals surface area contributed by atoms with Gasteiger partial charge in [0.25, 0.3) is 5.91 Å². The number of fused-ring (bicyclic) bond motifs is 2. The van der Waals surface area contributed by atoms with Gasteiger partial charge in [-0.1, -0.05) is 24.3 Å². The van der Waals surface area contributed by atoms with E-state index in [1.54, 1.807) is 18.3 Å². The first-order valence-corrected chi connectivity index (χ1v) is 10.2. The fraction of sp³-hybridized carbons (Fsp3) is 0.208. The lowest BCUT2D eigenvalue weighted by atomic mass is 9.94. The topological polar surface area (TPSA) is 106 Å². The van der Waals surface area contributed by atoms with Crippen molar-refractivity contribution in [2.24, 2.45) is 0 Å². The van der Waals surface area contributed by atoms with E-state index in [1.807, 2.05) is 24.3 Å². The van der Waals surface area contributed by atoms with Crippen molar-refractivity contribution in [2.75, 3.05) is 7.11 Å². The lowest BCUT2D eigenvalue weighted by molar-refractivity contribution is -0.136. The van der Waals surface area contributed by atoms with Gasteiger partial charge in [0, 0.05) is 36.3 Å². The highest BCUT2D eigenvalue weighted by atomic mass is 16.5. The number of nitrogens with zero attached hydrogens (tertiary/aromatic N) is 2. The number of hydrogen-bond donors (Lipinski definition) is 1. The normalized spacial score (nSPS) is 18.0. The zero-order valence-corrected chi connectivity index (χ0v) is 17.3. The SMILES string of the molecule is COC(=O)c1cncc2ccc(-c3cccc4c3CN(C3CCC(=O)NC3=O)C4=O)cc12. The smallest absolute Gasteiger partial charge is 0.340 e. The maximum Gasteiger partial charge on any atom is 0.340 e. The second kappa shape index (κ2) is 7.56. The first-order valence-electron chi connectivity index (χ1n) is 10.2. The number of carbonyl (C=O) groups is 4. The Morgan fingerprint density at radius 3 is 2.72 bits per heavy atom. The Kier molecular flexibility index (Phi) is 4.70. The number of aromatic nitrogens is 1. The fourth-order valence-electron chi connectivity index (χ4n) is 4.46. The van der Waals surface area contributed by atoms with E-state index in [2.05, 4.69) is 10.3 Å². The molecule has 2 aliphatic rings. The van der Waals surface area contributed by atoms with Crippen LogP contribution in [0.2, 0.25) is 0 Å². The monoisotopic (exact) mass is 429 g/mol. The highest BCUT2D eigenvalue weighted by molar-refractivity contribution is 6.07. The maximum atomic E-state index is 13.1. The lowest BCUT2D eigenvalue weighted by Gasteiger charge is -2.29. The van der Waals surface area contributed by atoms with E-state index in [0.717, 1.165) is 22.1 Å². The fourth-order valence-corrected chi connectivity index (χ4v) is 4.46. The van der Waals surface area contributed by atoms with Gasteiger partial charge in [0.15, 0.2) is 0 Å². The summed E-state index contributed by atoms with van der Waals surface area (Å²) in [5.74, 6) is -1.46. The number of piperidine rings is 1. The summed E-state index contributed by atoms with van der Waals surface area (Å²) in [5.41, 5.74) is 3.40. The lowest BCUT2D eigenvalue weighted by Crippen LogP contribution is -2.52. The number of amides is 3. The van der Waals surface area contributed by atoms with E-state index >= 15 is 0 Å². The molecule has 8 nitrogen and oxygen atoms in total. The second-order valence-corrected chi connectivity index (χ2v) is 7.85. The molecule has 0 saturated carbocycles. The predicted molar refractivity (Wildman–Crippen MR) is 115 cm³/mol. The van der Waals surface area contributed by atoms with Crippen molar-refractivity contribution in [3.05, 3.63) is 65.5 Å². The van der Waals surface area contributed by atoms with Crippen LogP contribution >= 0.6 is 0 Å². The average Bonchev–Trinajstić information content (AvgIpc) is 3.14. The van der Waals surface area contributed by atoms with Gasteiger partial charge < -0.3 is 9.64 Å². The molecule has 0 spiro atoms. The summed E-state index contributed by atoms with van der Waals surface area (Å²) in [7, 11) is 1.32. The van der Waals surface area contributed by atoms with Crippen LogP contribution in [0.5, 0.6) is 0 Å². The summed E-state index contributed by atoms with van der Waals surface area (Å²) in [6.07, 6.45) is 3.67. The molecule has 2 aliphatic heterocycles. The highest BCUT2D eigenvalue weighted by Gasteiger charge is 2.39. The molecule has 2 aromatic carbocycles. The van der Waals surface area contributed by atoms with Gasteiger partial charge in [0.05, 0.1) is 12.7 Å². The number of rotatable bonds is 3.